The van der Waals surface area contributed by atoms with E-state index in [4.69, 9.17) is 4.42 Å². The Hall–Kier alpha value is -3.65. The highest BCUT2D eigenvalue weighted by molar-refractivity contribution is 6.08. The number of furan rings is 1. The van der Waals surface area contributed by atoms with E-state index in [2.05, 4.69) is 5.32 Å². The first kappa shape index (κ1) is 16.8. The van der Waals surface area contributed by atoms with Crippen LogP contribution in [0.2, 0.25) is 0 Å². The predicted molar refractivity (Wildman–Crippen MR) is 100 cm³/mol. The first-order chi connectivity index (χ1) is 13.2. The summed E-state index contributed by atoms with van der Waals surface area (Å²) in [5.74, 6) is -0.899. The van der Waals surface area contributed by atoms with Crippen molar-refractivity contribution in [2.75, 3.05) is 0 Å². The number of rotatable bonds is 4. The summed E-state index contributed by atoms with van der Waals surface area (Å²) in [6.45, 7) is 0. The molecule has 4 rings (SSSR count). The second-order valence-corrected chi connectivity index (χ2v) is 6.25. The third kappa shape index (κ3) is 3.13. The fourth-order valence-electron chi connectivity index (χ4n) is 3.28. The third-order valence-electron chi connectivity index (χ3n) is 4.54. The molecule has 27 heavy (non-hydrogen) atoms. The van der Waals surface area contributed by atoms with Gasteiger partial charge in [0.05, 0.1) is 18.8 Å². The Bertz CT molecular complexity index is 1190. The summed E-state index contributed by atoms with van der Waals surface area (Å²) >= 11 is 0. The fourth-order valence-corrected chi connectivity index (χ4v) is 3.28. The van der Waals surface area contributed by atoms with E-state index >= 15 is 0 Å². The van der Waals surface area contributed by atoms with Crippen molar-refractivity contribution in [1.82, 2.24) is 5.32 Å². The predicted octanol–water partition coefficient (Wildman–Crippen LogP) is 4.65. The van der Waals surface area contributed by atoms with Gasteiger partial charge in [-0.2, -0.15) is 5.26 Å². The van der Waals surface area contributed by atoms with E-state index in [1.807, 2.05) is 42.5 Å². The summed E-state index contributed by atoms with van der Waals surface area (Å²) in [5, 5.41) is 14.9. The number of fused-ring (bicyclic) bond motifs is 3. The summed E-state index contributed by atoms with van der Waals surface area (Å²) < 4.78 is 19.5. The Morgan fingerprint density at radius 3 is 2.70 bits per heavy atom. The minimum atomic E-state index is -1.05. The van der Waals surface area contributed by atoms with E-state index in [-0.39, 0.29) is 17.9 Å². The highest BCUT2D eigenvalue weighted by atomic mass is 19.1. The summed E-state index contributed by atoms with van der Waals surface area (Å²) in [4.78, 5) is 12.5. The molecule has 1 aromatic heterocycles. The van der Waals surface area contributed by atoms with Crippen molar-refractivity contribution in [2.45, 2.75) is 12.5 Å². The second kappa shape index (κ2) is 6.93. The molecule has 0 fully saturated rings. The maximum absolute atomic E-state index is 13.9. The number of nitrogens with one attached hydrogen (secondary N) is 1. The number of hydrogen-bond donors (Lipinski definition) is 1. The van der Waals surface area contributed by atoms with Gasteiger partial charge in [0.25, 0.3) is 0 Å². The number of amides is 1. The van der Waals surface area contributed by atoms with Crippen LogP contribution in [0.3, 0.4) is 0 Å². The number of hydrogen-bond acceptors (Lipinski definition) is 3. The average molecular weight is 358 g/mol. The molecule has 0 bridgehead atoms. The lowest BCUT2D eigenvalue weighted by atomic mass is 10.0. The zero-order valence-corrected chi connectivity index (χ0v) is 14.3. The standard InChI is InChI=1S/C22H15FN2O2/c23-18-8-4-3-7-17(18)19(12-24)25-21(26)11-15-13-27-20-10-9-14-5-1-2-6-16(14)22(15)20/h1-10,13,19H,11H2,(H,25,26). The van der Waals surface area contributed by atoms with Crippen LogP contribution in [-0.2, 0) is 11.2 Å². The van der Waals surface area contributed by atoms with E-state index in [9.17, 15) is 14.4 Å². The molecule has 0 spiro atoms. The normalized spacial score (nSPS) is 12.0. The van der Waals surface area contributed by atoms with Gasteiger partial charge in [-0.3, -0.25) is 4.79 Å². The summed E-state index contributed by atoms with van der Waals surface area (Å²) in [7, 11) is 0. The molecule has 132 valence electrons. The van der Waals surface area contributed by atoms with E-state index in [0.717, 1.165) is 21.7 Å². The lowest BCUT2D eigenvalue weighted by Gasteiger charge is -2.12. The molecule has 3 aromatic carbocycles. The van der Waals surface area contributed by atoms with E-state index in [1.54, 1.807) is 12.3 Å². The molecule has 5 heteroatoms. The molecule has 1 unspecified atom stereocenters. The van der Waals surface area contributed by atoms with Crippen LogP contribution in [-0.4, -0.2) is 5.91 Å². The summed E-state index contributed by atoms with van der Waals surface area (Å²) in [6, 6.07) is 18.5. The largest absolute Gasteiger partial charge is 0.464 e. The molecular weight excluding hydrogens is 343 g/mol. The van der Waals surface area contributed by atoms with Gasteiger partial charge in [0.2, 0.25) is 5.91 Å². The van der Waals surface area contributed by atoms with Crippen molar-refractivity contribution in [3.05, 3.63) is 83.9 Å². The van der Waals surface area contributed by atoms with E-state index < -0.39 is 11.9 Å². The molecule has 1 amide bonds. The van der Waals surface area contributed by atoms with Crippen LogP contribution in [0.15, 0.2) is 71.3 Å². The Kier molecular flexibility index (Phi) is 4.31. The molecule has 1 atom stereocenters. The first-order valence-corrected chi connectivity index (χ1v) is 8.48. The van der Waals surface area contributed by atoms with Crippen molar-refractivity contribution in [2.24, 2.45) is 0 Å². The third-order valence-corrected chi connectivity index (χ3v) is 4.54. The van der Waals surface area contributed by atoms with Crippen molar-refractivity contribution in [1.29, 1.82) is 5.26 Å². The second-order valence-electron chi connectivity index (χ2n) is 6.25. The minimum Gasteiger partial charge on any atom is -0.464 e. The molecule has 1 N–H and O–H groups in total. The fraction of sp³-hybridized carbons (Fsp3) is 0.0909. The molecule has 0 aliphatic carbocycles. The van der Waals surface area contributed by atoms with Crippen molar-refractivity contribution >= 4 is 27.6 Å². The molecule has 4 nitrogen and oxygen atoms in total. The van der Waals surface area contributed by atoms with Crippen LogP contribution in [0, 0.1) is 17.1 Å². The number of halogens is 1. The monoisotopic (exact) mass is 358 g/mol. The zero-order valence-electron chi connectivity index (χ0n) is 14.3. The lowest BCUT2D eigenvalue weighted by Crippen LogP contribution is -2.29. The van der Waals surface area contributed by atoms with Gasteiger partial charge in [0, 0.05) is 16.5 Å². The van der Waals surface area contributed by atoms with Crippen molar-refractivity contribution in [3.8, 4) is 6.07 Å². The van der Waals surface area contributed by atoms with Gasteiger partial charge in [-0.05, 0) is 22.9 Å². The van der Waals surface area contributed by atoms with Crippen LogP contribution in [0.1, 0.15) is 17.2 Å². The van der Waals surface area contributed by atoms with Gasteiger partial charge in [-0.1, -0.05) is 48.5 Å². The van der Waals surface area contributed by atoms with E-state index in [0.29, 0.717) is 5.58 Å². The Balaban J connectivity index is 1.63. The number of benzene rings is 3. The first-order valence-electron chi connectivity index (χ1n) is 8.48. The highest BCUT2D eigenvalue weighted by Crippen LogP contribution is 2.30. The van der Waals surface area contributed by atoms with Gasteiger partial charge in [-0.25, -0.2) is 4.39 Å². The Labute approximate surface area is 154 Å². The van der Waals surface area contributed by atoms with Gasteiger partial charge < -0.3 is 9.73 Å². The van der Waals surface area contributed by atoms with Gasteiger partial charge in [0.15, 0.2) is 0 Å². The van der Waals surface area contributed by atoms with Gasteiger partial charge in [0.1, 0.15) is 17.4 Å². The molecule has 4 aromatic rings. The number of carbonyl (C=O) groups excluding carboxylic acids is 1. The molecule has 0 radical (unpaired) electrons. The van der Waals surface area contributed by atoms with E-state index in [1.165, 1.54) is 18.2 Å². The maximum atomic E-state index is 13.9. The molecular formula is C22H15FN2O2. The SMILES string of the molecule is N#CC(NC(=O)Cc1coc2ccc3ccccc3c12)c1ccccc1F. The quantitative estimate of drug-likeness (QED) is 0.577. The molecule has 1 heterocycles. The molecule has 0 aliphatic rings. The average Bonchev–Trinajstić information content (AvgIpc) is 3.10. The van der Waals surface area contributed by atoms with Gasteiger partial charge in [-0.15, -0.1) is 0 Å². The Morgan fingerprint density at radius 1 is 1.11 bits per heavy atom. The summed E-state index contributed by atoms with van der Waals surface area (Å²) in [6.07, 6.45) is 1.59. The van der Waals surface area contributed by atoms with Gasteiger partial charge >= 0.3 is 0 Å². The number of nitriles is 1. The molecule has 0 saturated heterocycles. The van der Waals surface area contributed by atoms with Crippen molar-refractivity contribution in [3.63, 3.8) is 0 Å². The maximum Gasteiger partial charge on any atom is 0.225 e. The van der Waals surface area contributed by atoms with Crippen LogP contribution >= 0.6 is 0 Å². The van der Waals surface area contributed by atoms with Crippen molar-refractivity contribution < 1.29 is 13.6 Å². The summed E-state index contributed by atoms with van der Waals surface area (Å²) in [5.41, 5.74) is 1.57. The highest BCUT2D eigenvalue weighted by Gasteiger charge is 2.19. The van der Waals surface area contributed by atoms with Crippen LogP contribution in [0.25, 0.3) is 21.7 Å². The van der Waals surface area contributed by atoms with Crippen LogP contribution < -0.4 is 5.32 Å². The molecule has 0 saturated carbocycles. The number of nitrogens with zero attached hydrogens (tertiary/aromatic N) is 1. The smallest absolute Gasteiger partial charge is 0.225 e. The lowest BCUT2D eigenvalue weighted by molar-refractivity contribution is -0.120. The zero-order chi connectivity index (χ0) is 18.8. The topological polar surface area (TPSA) is 66.0 Å². The van der Waals surface area contributed by atoms with Crippen LogP contribution in [0.4, 0.5) is 4.39 Å². The van der Waals surface area contributed by atoms with Crippen LogP contribution in [0.5, 0.6) is 0 Å². The molecule has 0 aliphatic heterocycles. The Morgan fingerprint density at radius 2 is 1.89 bits per heavy atom. The minimum absolute atomic E-state index is 0.0354. The number of carbonyl (C=O) groups is 1.